The summed E-state index contributed by atoms with van der Waals surface area (Å²) in [5.74, 6) is -0.489. The lowest BCUT2D eigenvalue weighted by atomic mass is 9.92. The second kappa shape index (κ2) is 7.67. The Morgan fingerprint density at radius 3 is 2.21 bits per heavy atom. The van der Waals surface area contributed by atoms with Crippen LogP contribution in [-0.2, 0) is 15.4 Å². The molecule has 0 bridgehead atoms. The predicted molar refractivity (Wildman–Crippen MR) is 109 cm³/mol. The van der Waals surface area contributed by atoms with Crippen molar-refractivity contribution in [2.45, 2.75) is 31.1 Å². The number of rotatable bonds is 5. The van der Waals surface area contributed by atoms with E-state index in [1.807, 2.05) is 20.8 Å². The molecule has 0 radical (unpaired) electrons. The molecule has 0 aliphatic rings. The second-order valence-corrected chi connectivity index (χ2v) is 9.19. The summed E-state index contributed by atoms with van der Waals surface area (Å²) in [7, 11) is -3.86. The van der Waals surface area contributed by atoms with E-state index >= 15 is 0 Å². The lowest BCUT2D eigenvalue weighted by molar-refractivity contribution is 0.102. The van der Waals surface area contributed by atoms with Crippen LogP contribution in [0.5, 0.6) is 0 Å². The molecule has 0 aliphatic carbocycles. The summed E-state index contributed by atoms with van der Waals surface area (Å²) in [6.07, 6.45) is 0. The Kier molecular flexibility index (Phi) is 5.43. The molecule has 0 atom stereocenters. The van der Waals surface area contributed by atoms with Crippen molar-refractivity contribution < 1.29 is 17.6 Å². The fraction of sp³-hybridized carbons (Fsp3) is 0.200. The van der Waals surface area contributed by atoms with Crippen LogP contribution in [-0.4, -0.2) is 24.5 Å². The number of H-pyrrole nitrogens is 1. The zero-order chi connectivity index (χ0) is 21.2. The van der Waals surface area contributed by atoms with Crippen molar-refractivity contribution in [1.82, 2.24) is 10.2 Å². The molecule has 29 heavy (non-hydrogen) atoms. The Bertz CT molecular complexity index is 1120. The van der Waals surface area contributed by atoms with Gasteiger partial charge < -0.3 is 5.32 Å². The number of benzene rings is 2. The fourth-order valence-electron chi connectivity index (χ4n) is 2.48. The van der Waals surface area contributed by atoms with E-state index in [9.17, 15) is 17.6 Å². The van der Waals surface area contributed by atoms with E-state index in [4.69, 9.17) is 0 Å². The van der Waals surface area contributed by atoms with Gasteiger partial charge in [-0.15, -0.1) is 0 Å². The van der Waals surface area contributed by atoms with E-state index in [0.29, 0.717) is 5.82 Å². The molecule has 0 saturated heterocycles. The van der Waals surface area contributed by atoms with Gasteiger partial charge >= 0.3 is 0 Å². The number of sulfonamides is 1. The zero-order valence-corrected chi connectivity index (χ0v) is 17.0. The van der Waals surface area contributed by atoms with Gasteiger partial charge in [0.1, 0.15) is 5.82 Å². The molecule has 1 aromatic heterocycles. The van der Waals surface area contributed by atoms with Crippen LogP contribution in [0, 0.1) is 5.82 Å². The number of amides is 1. The maximum Gasteiger partial charge on any atom is 0.261 e. The number of aromatic nitrogens is 2. The summed E-state index contributed by atoms with van der Waals surface area (Å²) in [6.45, 7) is 6.06. The molecule has 1 heterocycles. The molecule has 3 rings (SSSR count). The first-order valence-corrected chi connectivity index (χ1v) is 10.3. The molecule has 2 aromatic carbocycles. The molecule has 0 fully saturated rings. The fourth-order valence-corrected chi connectivity index (χ4v) is 3.53. The number of hydrogen-bond acceptors (Lipinski definition) is 4. The van der Waals surface area contributed by atoms with Crippen molar-refractivity contribution in [3.63, 3.8) is 0 Å². The highest BCUT2D eigenvalue weighted by Crippen LogP contribution is 2.22. The monoisotopic (exact) mass is 416 g/mol. The van der Waals surface area contributed by atoms with Crippen molar-refractivity contribution in [1.29, 1.82) is 0 Å². The van der Waals surface area contributed by atoms with Crippen molar-refractivity contribution in [2.24, 2.45) is 0 Å². The van der Waals surface area contributed by atoms with Crippen LogP contribution < -0.4 is 10.0 Å². The lowest BCUT2D eigenvalue weighted by Gasteiger charge is -2.14. The van der Waals surface area contributed by atoms with Crippen LogP contribution in [0.15, 0.2) is 59.5 Å². The first kappa shape index (κ1) is 20.5. The molecule has 1 amide bonds. The van der Waals surface area contributed by atoms with Crippen molar-refractivity contribution in [2.75, 3.05) is 10.0 Å². The van der Waals surface area contributed by atoms with Gasteiger partial charge in [0.25, 0.3) is 15.9 Å². The van der Waals surface area contributed by atoms with Gasteiger partial charge in [-0.3, -0.25) is 14.6 Å². The standard InChI is InChI=1S/C20H21FN4O3S/c1-20(2,3)17-12-18(24-23-17)22-19(26)13-4-10-16(11-5-13)29(27,28)25-15-8-6-14(21)7-9-15/h4-12,25H,1-3H3,(H2,22,23,24,26). The number of hydrogen-bond donors (Lipinski definition) is 3. The Morgan fingerprint density at radius 2 is 1.66 bits per heavy atom. The van der Waals surface area contributed by atoms with E-state index in [0.717, 1.165) is 17.8 Å². The van der Waals surface area contributed by atoms with Crippen molar-refractivity contribution in [3.05, 3.63) is 71.7 Å². The quantitative estimate of drug-likeness (QED) is 0.587. The van der Waals surface area contributed by atoms with Crippen LogP contribution in [0.4, 0.5) is 15.9 Å². The second-order valence-electron chi connectivity index (χ2n) is 7.51. The van der Waals surface area contributed by atoms with E-state index in [-0.39, 0.29) is 21.6 Å². The normalized spacial score (nSPS) is 11.9. The molecule has 0 saturated carbocycles. The molecule has 3 aromatic rings. The Balaban J connectivity index is 1.71. The van der Waals surface area contributed by atoms with Gasteiger partial charge in [-0.25, -0.2) is 12.8 Å². The van der Waals surface area contributed by atoms with Gasteiger partial charge in [-0.1, -0.05) is 20.8 Å². The Morgan fingerprint density at radius 1 is 1.03 bits per heavy atom. The average Bonchev–Trinajstić information content (AvgIpc) is 3.12. The third-order valence-corrected chi connectivity index (χ3v) is 5.55. The number of nitrogens with one attached hydrogen (secondary N) is 3. The number of anilines is 2. The summed E-state index contributed by atoms with van der Waals surface area (Å²) in [4.78, 5) is 12.4. The van der Waals surface area contributed by atoms with Gasteiger partial charge in [0, 0.05) is 28.4 Å². The molecule has 0 aliphatic heterocycles. The highest BCUT2D eigenvalue weighted by molar-refractivity contribution is 7.92. The molecular weight excluding hydrogens is 395 g/mol. The molecule has 152 valence electrons. The van der Waals surface area contributed by atoms with Gasteiger partial charge in [0.05, 0.1) is 4.90 Å². The third kappa shape index (κ3) is 5.00. The summed E-state index contributed by atoms with van der Waals surface area (Å²) in [5, 5.41) is 9.62. The maximum absolute atomic E-state index is 13.0. The first-order chi connectivity index (χ1) is 13.5. The molecular formula is C20H21FN4O3S. The largest absolute Gasteiger partial charge is 0.305 e. The lowest BCUT2D eigenvalue weighted by Crippen LogP contribution is -2.15. The van der Waals surface area contributed by atoms with E-state index < -0.39 is 21.7 Å². The molecule has 9 heteroatoms. The number of carbonyl (C=O) groups is 1. The smallest absolute Gasteiger partial charge is 0.261 e. The molecule has 0 spiro atoms. The zero-order valence-electron chi connectivity index (χ0n) is 16.2. The van der Waals surface area contributed by atoms with Gasteiger partial charge in [0.2, 0.25) is 0 Å². The highest BCUT2D eigenvalue weighted by Gasteiger charge is 2.19. The van der Waals surface area contributed by atoms with Crippen LogP contribution in [0.1, 0.15) is 36.8 Å². The predicted octanol–water partition coefficient (Wildman–Crippen LogP) is 3.90. The van der Waals surface area contributed by atoms with Crippen molar-refractivity contribution in [3.8, 4) is 0 Å². The Hall–Kier alpha value is -3.20. The topological polar surface area (TPSA) is 104 Å². The average molecular weight is 416 g/mol. The highest BCUT2D eigenvalue weighted by atomic mass is 32.2. The summed E-state index contributed by atoms with van der Waals surface area (Å²) >= 11 is 0. The van der Waals surface area contributed by atoms with Crippen LogP contribution >= 0.6 is 0 Å². The molecule has 7 nitrogen and oxygen atoms in total. The van der Waals surface area contributed by atoms with E-state index in [1.54, 1.807) is 6.07 Å². The summed E-state index contributed by atoms with van der Waals surface area (Å²) in [6, 6.07) is 12.2. The van der Waals surface area contributed by atoms with Crippen molar-refractivity contribution >= 4 is 27.4 Å². The number of carbonyl (C=O) groups excluding carboxylic acids is 1. The number of halogens is 1. The Labute approximate surface area is 168 Å². The minimum Gasteiger partial charge on any atom is -0.305 e. The summed E-state index contributed by atoms with van der Waals surface area (Å²) in [5.41, 5.74) is 1.26. The molecule has 3 N–H and O–H groups in total. The van der Waals surface area contributed by atoms with Gasteiger partial charge in [-0.05, 0) is 48.5 Å². The summed E-state index contributed by atoms with van der Waals surface area (Å²) < 4.78 is 40.2. The van der Waals surface area contributed by atoms with Gasteiger partial charge in [-0.2, -0.15) is 5.10 Å². The molecule has 0 unspecified atom stereocenters. The SMILES string of the molecule is CC(C)(C)c1cc(NC(=O)c2ccc(S(=O)(=O)Nc3ccc(F)cc3)cc2)n[nH]1. The number of nitrogens with zero attached hydrogens (tertiary/aromatic N) is 1. The number of aromatic amines is 1. The minimum atomic E-state index is -3.86. The van der Waals surface area contributed by atoms with Gasteiger partial charge in [0.15, 0.2) is 5.82 Å². The van der Waals surface area contributed by atoms with E-state index in [1.165, 1.54) is 36.4 Å². The van der Waals surface area contributed by atoms with E-state index in [2.05, 4.69) is 20.2 Å². The van der Waals surface area contributed by atoms with Crippen LogP contribution in [0.3, 0.4) is 0 Å². The van der Waals surface area contributed by atoms with Crippen LogP contribution in [0.2, 0.25) is 0 Å². The third-order valence-electron chi connectivity index (χ3n) is 4.15. The van der Waals surface area contributed by atoms with Crippen LogP contribution in [0.25, 0.3) is 0 Å². The first-order valence-electron chi connectivity index (χ1n) is 8.80. The maximum atomic E-state index is 13.0. The minimum absolute atomic E-state index is 0.0202.